The van der Waals surface area contributed by atoms with Crippen LogP contribution in [0.1, 0.15) is 17.2 Å². The topological polar surface area (TPSA) is 89.7 Å². The van der Waals surface area contributed by atoms with Crippen LogP contribution >= 0.6 is 0 Å². The van der Waals surface area contributed by atoms with Crippen LogP contribution in [0.15, 0.2) is 30.9 Å². The summed E-state index contributed by atoms with van der Waals surface area (Å²) in [5, 5.41) is 17.8. The summed E-state index contributed by atoms with van der Waals surface area (Å²) >= 11 is 0. The number of hydrogen-bond acceptors (Lipinski definition) is 6. The van der Waals surface area contributed by atoms with Gasteiger partial charge in [0.25, 0.3) is 0 Å². The fraction of sp³-hybridized carbons (Fsp3) is 0.389. The quantitative estimate of drug-likeness (QED) is 0.752. The Balaban J connectivity index is 1.82. The van der Waals surface area contributed by atoms with Gasteiger partial charge in [-0.3, -0.25) is 9.69 Å². The highest BCUT2D eigenvalue weighted by Crippen LogP contribution is 2.29. The van der Waals surface area contributed by atoms with Crippen molar-refractivity contribution < 1.29 is 19.4 Å². The van der Waals surface area contributed by atoms with Gasteiger partial charge < -0.3 is 19.1 Å². The van der Waals surface area contributed by atoms with Crippen molar-refractivity contribution in [3.8, 4) is 11.5 Å². The smallest absolute Gasteiger partial charge is 0.322 e. The Hall–Kier alpha value is -2.87. The van der Waals surface area contributed by atoms with E-state index >= 15 is 0 Å². The minimum absolute atomic E-state index is 0.334. The third-order valence-corrected chi connectivity index (χ3v) is 4.41. The summed E-state index contributed by atoms with van der Waals surface area (Å²) in [5.41, 5.74) is 0.934. The largest absolute Gasteiger partial charge is 0.493 e. The molecule has 138 valence electrons. The number of ether oxygens (including phenoxy) is 2. The summed E-state index contributed by atoms with van der Waals surface area (Å²) in [5.74, 6) is 1.88. The predicted octanol–water partition coefficient (Wildman–Crippen LogP) is 1.63. The number of benzene rings is 1. The van der Waals surface area contributed by atoms with Gasteiger partial charge in [-0.2, -0.15) is 0 Å². The van der Waals surface area contributed by atoms with Crippen molar-refractivity contribution in [1.29, 1.82) is 0 Å². The standard InChI is InChI=1S/C18H22N4O4/c1-4-7-26-15-6-5-13(8-16(15)25-3)9-21-11-17-20-19-12(2)22(17)10-14(21)18(23)24/h4-6,8,14H,1,7,9-11H2,2-3H3,(H,23,24). The fourth-order valence-corrected chi connectivity index (χ4v) is 3.07. The molecule has 2 heterocycles. The monoisotopic (exact) mass is 358 g/mol. The Kier molecular flexibility index (Phi) is 5.22. The number of methoxy groups -OCH3 is 1. The first-order valence-electron chi connectivity index (χ1n) is 8.29. The molecule has 0 aliphatic carbocycles. The van der Waals surface area contributed by atoms with Crippen LogP contribution in [-0.2, 0) is 24.4 Å². The molecule has 1 aromatic carbocycles. The van der Waals surface area contributed by atoms with E-state index in [2.05, 4.69) is 16.8 Å². The van der Waals surface area contributed by atoms with Gasteiger partial charge in [-0.15, -0.1) is 10.2 Å². The van der Waals surface area contributed by atoms with Crippen LogP contribution in [0.25, 0.3) is 0 Å². The van der Waals surface area contributed by atoms with Gasteiger partial charge in [0.15, 0.2) is 11.5 Å². The maximum absolute atomic E-state index is 11.7. The average Bonchev–Trinajstić information content (AvgIpc) is 2.99. The zero-order valence-corrected chi connectivity index (χ0v) is 14.9. The number of carboxylic acids is 1. The number of fused-ring (bicyclic) bond motifs is 1. The van der Waals surface area contributed by atoms with E-state index in [1.807, 2.05) is 34.6 Å². The lowest BCUT2D eigenvalue weighted by Crippen LogP contribution is -2.47. The van der Waals surface area contributed by atoms with Crippen molar-refractivity contribution in [2.24, 2.45) is 0 Å². The van der Waals surface area contributed by atoms with E-state index in [0.29, 0.717) is 37.7 Å². The van der Waals surface area contributed by atoms with Gasteiger partial charge in [0.1, 0.15) is 24.3 Å². The van der Waals surface area contributed by atoms with Crippen LogP contribution < -0.4 is 9.47 Å². The van der Waals surface area contributed by atoms with Crippen LogP contribution in [0.5, 0.6) is 11.5 Å². The second-order valence-corrected chi connectivity index (χ2v) is 6.12. The average molecular weight is 358 g/mol. The van der Waals surface area contributed by atoms with Gasteiger partial charge in [0, 0.05) is 6.54 Å². The maximum atomic E-state index is 11.7. The van der Waals surface area contributed by atoms with Crippen LogP contribution in [0.4, 0.5) is 0 Å². The Bertz CT molecular complexity index is 818. The molecule has 0 fully saturated rings. The Morgan fingerprint density at radius 1 is 1.42 bits per heavy atom. The number of aryl methyl sites for hydroxylation is 1. The molecule has 2 aromatic rings. The van der Waals surface area contributed by atoms with E-state index in [1.54, 1.807) is 13.2 Å². The first kappa shape index (κ1) is 17.9. The van der Waals surface area contributed by atoms with E-state index in [0.717, 1.165) is 17.2 Å². The molecule has 3 rings (SSSR count). The Morgan fingerprint density at radius 2 is 2.23 bits per heavy atom. The van der Waals surface area contributed by atoms with Crippen LogP contribution in [-0.4, -0.2) is 50.5 Å². The molecule has 1 atom stereocenters. The summed E-state index contributed by atoms with van der Waals surface area (Å²) in [6.45, 7) is 7.07. The summed E-state index contributed by atoms with van der Waals surface area (Å²) in [4.78, 5) is 13.6. The molecule has 1 aromatic heterocycles. The molecule has 0 saturated carbocycles. The second kappa shape index (κ2) is 7.57. The number of nitrogens with zero attached hydrogens (tertiary/aromatic N) is 4. The van der Waals surface area contributed by atoms with Crippen molar-refractivity contribution >= 4 is 5.97 Å². The van der Waals surface area contributed by atoms with Gasteiger partial charge in [-0.1, -0.05) is 18.7 Å². The summed E-state index contributed by atoms with van der Waals surface area (Å²) < 4.78 is 12.8. The zero-order chi connectivity index (χ0) is 18.7. The maximum Gasteiger partial charge on any atom is 0.322 e. The third kappa shape index (κ3) is 3.55. The van der Waals surface area contributed by atoms with E-state index in [4.69, 9.17) is 9.47 Å². The number of hydrogen-bond donors (Lipinski definition) is 1. The van der Waals surface area contributed by atoms with Gasteiger partial charge in [-0.25, -0.2) is 0 Å². The van der Waals surface area contributed by atoms with E-state index in [9.17, 15) is 9.90 Å². The molecular formula is C18H22N4O4. The molecule has 1 unspecified atom stereocenters. The van der Waals surface area contributed by atoms with Crippen LogP contribution in [0.3, 0.4) is 0 Å². The molecule has 1 aliphatic rings. The minimum Gasteiger partial charge on any atom is -0.493 e. The molecule has 8 nitrogen and oxygen atoms in total. The Labute approximate surface area is 151 Å². The van der Waals surface area contributed by atoms with Gasteiger partial charge in [0.2, 0.25) is 0 Å². The van der Waals surface area contributed by atoms with E-state index in [-0.39, 0.29) is 0 Å². The van der Waals surface area contributed by atoms with E-state index < -0.39 is 12.0 Å². The van der Waals surface area contributed by atoms with Crippen molar-refractivity contribution in [3.05, 3.63) is 48.1 Å². The number of carboxylic acid groups (broad SMARTS) is 1. The van der Waals surface area contributed by atoms with E-state index in [1.165, 1.54) is 0 Å². The minimum atomic E-state index is -0.860. The SMILES string of the molecule is C=CCOc1ccc(CN2Cc3nnc(C)n3CC2C(=O)O)cc1OC. The third-order valence-electron chi connectivity index (χ3n) is 4.41. The first-order valence-corrected chi connectivity index (χ1v) is 8.29. The molecule has 8 heteroatoms. The molecule has 1 aliphatic heterocycles. The number of rotatable bonds is 7. The van der Waals surface area contributed by atoms with Crippen molar-refractivity contribution in [1.82, 2.24) is 19.7 Å². The molecular weight excluding hydrogens is 336 g/mol. The molecule has 0 bridgehead atoms. The summed E-state index contributed by atoms with van der Waals surface area (Å²) in [6, 6.07) is 4.95. The molecule has 0 saturated heterocycles. The lowest BCUT2D eigenvalue weighted by molar-refractivity contribution is -0.145. The summed E-state index contributed by atoms with van der Waals surface area (Å²) in [7, 11) is 1.58. The zero-order valence-electron chi connectivity index (χ0n) is 14.9. The van der Waals surface area contributed by atoms with Gasteiger partial charge >= 0.3 is 5.97 Å². The fourth-order valence-electron chi connectivity index (χ4n) is 3.07. The highest BCUT2D eigenvalue weighted by atomic mass is 16.5. The van der Waals surface area contributed by atoms with Crippen LogP contribution in [0.2, 0.25) is 0 Å². The molecule has 0 spiro atoms. The van der Waals surface area contributed by atoms with Gasteiger partial charge in [0.05, 0.1) is 20.2 Å². The molecule has 26 heavy (non-hydrogen) atoms. The van der Waals surface area contributed by atoms with Crippen molar-refractivity contribution in [3.63, 3.8) is 0 Å². The van der Waals surface area contributed by atoms with Crippen LogP contribution in [0, 0.1) is 6.92 Å². The first-order chi connectivity index (χ1) is 12.5. The highest BCUT2D eigenvalue weighted by Gasteiger charge is 2.33. The van der Waals surface area contributed by atoms with Crippen molar-refractivity contribution in [2.75, 3.05) is 13.7 Å². The number of aromatic nitrogens is 3. The second-order valence-electron chi connectivity index (χ2n) is 6.12. The Morgan fingerprint density at radius 3 is 2.92 bits per heavy atom. The molecule has 0 radical (unpaired) electrons. The number of carbonyl (C=O) groups is 1. The highest BCUT2D eigenvalue weighted by molar-refractivity contribution is 5.73. The lowest BCUT2D eigenvalue weighted by atomic mass is 10.1. The molecule has 1 N–H and O–H groups in total. The molecule has 0 amide bonds. The van der Waals surface area contributed by atoms with Crippen molar-refractivity contribution in [2.45, 2.75) is 32.6 Å². The summed E-state index contributed by atoms with van der Waals surface area (Å²) in [6.07, 6.45) is 1.66. The predicted molar refractivity (Wildman–Crippen MR) is 94.1 cm³/mol. The lowest BCUT2D eigenvalue weighted by Gasteiger charge is -2.33. The van der Waals surface area contributed by atoms with Gasteiger partial charge in [-0.05, 0) is 24.6 Å². The normalized spacial score (nSPS) is 16.8. The number of aliphatic carboxylic acids is 1.